The van der Waals surface area contributed by atoms with Crippen LogP contribution in [0.4, 0.5) is 4.79 Å². The Morgan fingerprint density at radius 3 is 2.31 bits per heavy atom. The normalized spacial score (nSPS) is 23.7. The molecule has 184 valence electrons. The first kappa shape index (κ1) is 23.4. The molecule has 2 amide bonds. The molecule has 3 aliphatic rings. The SMILES string of the molecule is CC(NC(=O)C(CC(=O)O)NC(=O)OCC1c2ccccc2-c2ccccc21)C12CCCCC1C2. The highest BCUT2D eigenvalue weighted by Crippen LogP contribution is 2.63. The highest BCUT2D eigenvalue weighted by Gasteiger charge is 2.58. The van der Waals surface area contributed by atoms with E-state index in [2.05, 4.69) is 22.8 Å². The minimum Gasteiger partial charge on any atom is -0.481 e. The Morgan fingerprint density at radius 1 is 1.03 bits per heavy atom. The largest absolute Gasteiger partial charge is 0.481 e. The maximum absolute atomic E-state index is 13.0. The van der Waals surface area contributed by atoms with E-state index in [1.807, 2.05) is 43.3 Å². The predicted molar refractivity (Wildman–Crippen MR) is 131 cm³/mol. The molecule has 35 heavy (non-hydrogen) atoms. The molecular formula is C28H32N2O5. The van der Waals surface area contributed by atoms with Crippen LogP contribution in [0.1, 0.15) is 62.5 Å². The number of carboxylic acid groups (broad SMARTS) is 1. The number of benzene rings is 2. The molecule has 2 fully saturated rings. The van der Waals surface area contributed by atoms with Gasteiger partial charge < -0.3 is 20.5 Å². The molecule has 0 bridgehead atoms. The summed E-state index contributed by atoms with van der Waals surface area (Å²) in [5.41, 5.74) is 4.54. The van der Waals surface area contributed by atoms with Crippen molar-refractivity contribution in [3.63, 3.8) is 0 Å². The predicted octanol–water partition coefficient (Wildman–Crippen LogP) is 4.45. The Kier molecular flexibility index (Phi) is 6.26. The molecular weight excluding hydrogens is 444 g/mol. The van der Waals surface area contributed by atoms with Gasteiger partial charge in [0.2, 0.25) is 5.91 Å². The van der Waals surface area contributed by atoms with Crippen LogP contribution in [0, 0.1) is 11.3 Å². The zero-order valence-electron chi connectivity index (χ0n) is 20.0. The Hall–Kier alpha value is -3.35. The highest BCUT2D eigenvalue weighted by atomic mass is 16.5. The third kappa shape index (κ3) is 4.51. The number of hydrogen-bond donors (Lipinski definition) is 3. The topological polar surface area (TPSA) is 105 Å². The summed E-state index contributed by atoms with van der Waals surface area (Å²) in [6.07, 6.45) is 4.49. The van der Waals surface area contributed by atoms with Crippen molar-refractivity contribution >= 4 is 18.0 Å². The van der Waals surface area contributed by atoms with Gasteiger partial charge in [0.1, 0.15) is 12.6 Å². The lowest BCUT2D eigenvalue weighted by molar-refractivity contribution is -0.140. The Balaban J connectivity index is 1.22. The van der Waals surface area contributed by atoms with Crippen LogP contribution in [0.2, 0.25) is 0 Å². The first-order valence-corrected chi connectivity index (χ1v) is 12.5. The number of amides is 2. The summed E-state index contributed by atoms with van der Waals surface area (Å²) in [7, 11) is 0. The monoisotopic (exact) mass is 476 g/mol. The van der Waals surface area contributed by atoms with Gasteiger partial charge in [0.25, 0.3) is 0 Å². The summed E-state index contributed by atoms with van der Waals surface area (Å²) in [4.78, 5) is 37.1. The molecule has 0 saturated heterocycles. The van der Waals surface area contributed by atoms with E-state index in [4.69, 9.17) is 4.74 Å². The number of fused-ring (bicyclic) bond motifs is 4. The van der Waals surface area contributed by atoms with Crippen LogP contribution < -0.4 is 10.6 Å². The smallest absolute Gasteiger partial charge is 0.407 e. The fourth-order valence-electron chi connectivity index (χ4n) is 6.31. The molecule has 2 aromatic carbocycles. The van der Waals surface area contributed by atoms with E-state index in [1.165, 1.54) is 12.8 Å². The summed E-state index contributed by atoms with van der Waals surface area (Å²) in [6.45, 7) is 2.09. The quantitative estimate of drug-likeness (QED) is 0.522. The lowest BCUT2D eigenvalue weighted by atomic mass is 9.83. The van der Waals surface area contributed by atoms with Crippen molar-refractivity contribution in [2.75, 3.05) is 6.61 Å². The molecule has 3 N–H and O–H groups in total. The Bertz CT molecular complexity index is 1100. The molecule has 0 spiro atoms. The van der Waals surface area contributed by atoms with Crippen molar-refractivity contribution in [3.05, 3.63) is 59.7 Å². The van der Waals surface area contributed by atoms with E-state index in [9.17, 15) is 19.5 Å². The molecule has 3 aliphatic carbocycles. The summed E-state index contributed by atoms with van der Waals surface area (Å²) < 4.78 is 5.53. The van der Waals surface area contributed by atoms with Gasteiger partial charge in [0, 0.05) is 12.0 Å². The van der Waals surface area contributed by atoms with Crippen LogP contribution in [-0.2, 0) is 14.3 Å². The van der Waals surface area contributed by atoms with E-state index in [1.54, 1.807) is 0 Å². The van der Waals surface area contributed by atoms with E-state index >= 15 is 0 Å². The minimum atomic E-state index is -1.19. The van der Waals surface area contributed by atoms with Gasteiger partial charge in [-0.1, -0.05) is 61.4 Å². The van der Waals surface area contributed by atoms with Crippen LogP contribution in [0.3, 0.4) is 0 Å². The fraction of sp³-hybridized carbons (Fsp3) is 0.464. The third-order valence-electron chi connectivity index (χ3n) is 8.28. The van der Waals surface area contributed by atoms with E-state index in [-0.39, 0.29) is 24.0 Å². The molecule has 4 atom stereocenters. The number of alkyl carbamates (subject to hydrolysis) is 1. The van der Waals surface area contributed by atoms with Gasteiger partial charge in [-0.15, -0.1) is 0 Å². The second-order valence-electron chi connectivity index (χ2n) is 10.2. The van der Waals surface area contributed by atoms with Crippen LogP contribution >= 0.6 is 0 Å². The van der Waals surface area contributed by atoms with Crippen molar-refractivity contribution < 1.29 is 24.2 Å². The van der Waals surface area contributed by atoms with Gasteiger partial charge in [0.15, 0.2) is 0 Å². The van der Waals surface area contributed by atoms with Crippen LogP contribution in [0.15, 0.2) is 48.5 Å². The van der Waals surface area contributed by atoms with Gasteiger partial charge in [0.05, 0.1) is 6.42 Å². The lowest BCUT2D eigenvalue weighted by Gasteiger charge is -2.30. The minimum absolute atomic E-state index is 0.0547. The third-order valence-corrected chi connectivity index (χ3v) is 8.28. The highest BCUT2D eigenvalue weighted by molar-refractivity contribution is 5.89. The van der Waals surface area contributed by atoms with Crippen molar-refractivity contribution in [3.8, 4) is 11.1 Å². The summed E-state index contributed by atoms with van der Waals surface area (Å²) in [6, 6.07) is 14.8. The molecule has 0 aromatic heterocycles. The number of rotatable bonds is 8. The van der Waals surface area contributed by atoms with Crippen LogP contribution in [0.25, 0.3) is 11.1 Å². The first-order valence-electron chi connectivity index (χ1n) is 12.5. The number of nitrogens with one attached hydrogen (secondary N) is 2. The molecule has 0 aliphatic heterocycles. The maximum Gasteiger partial charge on any atom is 0.407 e. The van der Waals surface area contributed by atoms with E-state index in [0.717, 1.165) is 41.5 Å². The second kappa shape index (κ2) is 9.36. The van der Waals surface area contributed by atoms with Crippen LogP contribution in [0.5, 0.6) is 0 Å². The summed E-state index contributed by atoms with van der Waals surface area (Å²) in [5.74, 6) is -1.10. The number of carbonyl (C=O) groups excluding carboxylic acids is 2. The summed E-state index contributed by atoms with van der Waals surface area (Å²) >= 11 is 0. The number of carbonyl (C=O) groups is 3. The number of hydrogen-bond acceptors (Lipinski definition) is 4. The molecule has 5 rings (SSSR count). The van der Waals surface area contributed by atoms with Crippen molar-refractivity contribution in [1.82, 2.24) is 10.6 Å². The van der Waals surface area contributed by atoms with E-state index in [0.29, 0.717) is 5.92 Å². The summed E-state index contributed by atoms with van der Waals surface area (Å²) in [5, 5.41) is 14.8. The Morgan fingerprint density at radius 2 is 1.69 bits per heavy atom. The van der Waals surface area contributed by atoms with Gasteiger partial charge in [-0.05, 0) is 59.8 Å². The van der Waals surface area contributed by atoms with Gasteiger partial charge in [-0.3, -0.25) is 9.59 Å². The molecule has 7 heteroatoms. The zero-order valence-corrected chi connectivity index (χ0v) is 20.0. The number of carboxylic acids is 1. The number of aliphatic carboxylic acids is 1. The Labute approximate surface area is 205 Å². The molecule has 2 aromatic rings. The van der Waals surface area contributed by atoms with Crippen molar-refractivity contribution in [2.45, 2.75) is 63.5 Å². The lowest BCUT2D eigenvalue weighted by Crippen LogP contribution is -2.52. The fourth-order valence-corrected chi connectivity index (χ4v) is 6.31. The molecule has 7 nitrogen and oxygen atoms in total. The molecule has 0 heterocycles. The number of ether oxygens (including phenoxy) is 1. The van der Waals surface area contributed by atoms with Gasteiger partial charge >= 0.3 is 12.1 Å². The second-order valence-corrected chi connectivity index (χ2v) is 10.2. The molecule has 2 saturated carbocycles. The van der Waals surface area contributed by atoms with Crippen molar-refractivity contribution in [2.24, 2.45) is 11.3 Å². The standard InChI is InChI=1S/C28H32N2O5/c1-17(28-13-7-6-8-18(28)15-28)29-26(33)24(14-25(31)32)30-27(34)35-16-23-21-11-4-2-9-19(21)20-10-3-5-12-22(20)23/h2-5,9-12,17-18,23-24H,6-8,13-16H2,1H3,(H,29,33)(H,30,34)(H,31,32). The van der Waals surface area contributed by atoms with Crippen LogP contribution in [-0.4, -0.2) is 41.8 Å². The van der Waals surface area contributed by atoms with Gasteiger partial charge in [-0.2, -0.15) is 0 Å². The van der Waals surface area contributed by atoms with E-state index < -0.39 is 30.4 Å². The molecule has 4 unspecified atom stereocenters. The average molecular weight is 477 g/mol. The van der Waals surface area contributed by atoms with Gasteiger partial charge in [-0.25, -0.2) is 4.79 Å². The molecule has 0 radical (unpaired) electrons. The van der Waals surface area contributed by atoms with Crippen molar-refractivity contribution in [1.29, 1.82) is 0 Å². The zero-order chi connectivity index (χ0) is 24.6. The maximum atomic E-state index is 13.0. The average Bonchev–Trinajstić information content (AvgIpc) is 3.53. The first-order chi connectivity index (χ1) is 16.9.